The summed E-state index contributed by atoms with van der Waals surface area (Å²) in [7, 11) is 0. The normalized spacial score (nSPS) is 17.1. The maximum absolute atomic E-state index is 11.5. The van der Waals surface area contributed by atoms with Gasteiger partial charge in [0, 0.05) is 0 Å². The predicted molar refractivity (Wildman–Crippen MR) is 65.6 cm³/mol. The van der Waals surface area contributed by atoms with Crippen LogP contribution >= 0.6 is 11.5 Å². The molecule has 100 valence electrons. The van der Waals surface area contributed by atoms with Crippen molar-refractivity contribution in [3.8, 4) is 10.7 Å². The average Bonchev–Trinajstić information content (AvgIpc) is 2.93. The van der Waals surface area contributed by atoms with Gasteiger partial charge in [0.15, 0.2) is 11.4 Å². The summed E-state index contributed by atoms with van der Waals surface area (Å²) in [5.74, 6) is -0.434. The van der Waals surface area contributed by atoms with E-state index in [0.29, 0.717) is 25.1 Å². The summed E-state index contributed by atoms with van der Waals surface area (Å²) in [6, 6.07) is 0. The Bertz CT molecular complexity index is 617. The van der Waals surface area contributed by atoms with Gasteiger partial charge in [0.2, 0.25) is 0 Å². The first-order valence-corrected chi connectivity index (χ1v) is 6.80. The van der Waals surface area contributed by atoms with Crippen molar-refractivity contribution in [1.82, 2.24) is 29.8 Å². The molecule has 0 spiro atoms. The van der Waals surface area contributed by atoms with Crippen LogP contribution in [0.4, 0.5) is 0 Å². The third kappa shape index (κ3) is 1.65. The Kier molecular flexibility index (Phi) is 2.77. The van der Waals surface area contributed by atoms with Gasteiger partial charge in [-0.3, -0.25) is 0 Å². The van der Waals surface area contributed by atoms with Gasteiger partial charge in [-0.2, -0.15) is 0 Å². The summed E-state index contributed by atoms with van der Waals surface area (Å²) in [4.78, 5) is 12.3. The first-order valence-electron chi connectivity index (χ1n) is 6.03. The standard InChI is InChI=1S/C10H12N6O2S/c1-2-6-7(19-15-11-6)8-12-13-14-16(8)10(9(17)18)4-3-5-10/h2-5H2,1H3,(H,17,18). The minimum Gasteiger partial charge on any atom is -0.479 e. The topological polar surface area (TPSA) is 107 Å². The summed E-state index contributed by atoms with van der Waals surface area (Å²) in [6.45, 7) is 1.96. The molecule has 0 aliphatic heterocycles. The summed E-state index contributed by atoms with van der Waals surface area (Å²) < 4.78 is 5.32. The number of hydrogen-bond acceptors (Lipinski definition) is 7. The molecule has 2 heterocycles. The second kappa shape index (κ2) is 4.34. The van der Waals surface area contributed by atoms with Crippen molar-refractivity contribution >= 4 is 17.5 Å². The lowest BCUT2D eigenvalue weighted by molar-refractivity contribution is -0.153. The number of carboxylic acids is 1. The lowest BCUT2D eigenvalue weighted by Gasteiger charge is -2.37. The molecule has 0 amide bonds. The van der Waals surface area contributed by atoms with Crippen molar-refractivity contribution in [3.05, 3.63) is 5.69 Å². The molecule has 9 heteroatoms. The van der Waals surface area contributed by atoms with Gasteiger partial charge in [0.1, 0.15) is 4.88 Å². The molecule has 19 heavy (non-hydrogen) atoms. The Balaban J connectivity index is 2.11. The van der Waals surface area contributed by atoms with Gasteiger partial charge in [0.25, 0.3) is 0 Å². The lowest BCUT2D eigenvalue weighted by atomic mass is 9.77. The molecule has 1 aliphatic rings. The zero-order chi connectivity index (χ0) is 13.5. The fraction of sp³-hybridized carbons (Fsp3) is 0.600. The number of nitrogens with zero attached hydrogens (tertiary/aromatic N) is 6. The third-order valence-electron chi connectivity index (χ3n) is 3.55. The van der Waals surface area contributed by atoms with Crippen LogP contribution in [0.1, 0.15) is 31.9 Å². The van der Waals surface area contributed by atoms with Gasteiger partial charge in [-0.15, -0.1) is 10.2 Å². The number of aromatic nitrogens is 6. The van der Waals surface area contributed by atoms with Crippen LogP contribution in [0.25, 0.3) is 10.7 Å². The second-order valence-corrected chi connectivity index (χ2v) is 5.26. The quantitative estimate of drug-likeness (QED) is 0.879. The van der Waals surface area contributed by atoms with Gasteiger partial charge in [-0.25, -0.2) is 9.48 Å². The Hall–Kier alpha value is -1.90. The molecule has 0 unspecified atom stereocenters. The maximum Gasteiger partial charge on any atom is 0.331 e. The molecule has 0 atom stereocenters. The van der Waals surface area contributed by atoms with Crippen LogP contribution in [-0.4, -0.2) is 40.9 Å². The first-order chi connectivity index (χ1) is 9.19. The first kappa shape index (κ1) is 12.2. The molecule has 3 rings (SSSR count). The summed E-state index contributed by atoms with van der Waals surface area (Å²) in [5.41, 5.74) is -0.214. The SMILES string of the molecule is CCc1nnsc1-c1nnnn1C1(C(=O)O)CCC1. The number of tetrazole rings is 1. The van der Waals surface area contributed by atoms with Crippen LogP contribution in [0.2, 0.25) is 0 Å². The molecular weight excluding hydrogens is 268 g/mol. The van der Waals surface area contributed by atoms with E-state index < -0.39 is 11.5 Å². The summed E-state index contributed by atoms with van der Waals surface area (Å²) in [6.07, 6.45) is 2.67. The van der Waals surface area contributed by atoms with E-state index in [-0.39, 0.29) is 0 Å². The molecule has 1 saturated carbocycles. The maximum atomic E-state index is 11.5. The van der Waals surface area contributed by atoms with Crippen molar-refractivity contribution in [1.29, 1.82) is 0 Å². The van der Waals surface area contributed by atoms with E-state index >= 15 is 0 Å². The van der Waals surface area contributed by atoms with Crippen LogP contribution in [-0.2, 0) is 16.8 Å². The van der Waals surface area contributed by atoms with Crippen LogP contribution in [0.3, 0.4) is 0 Å². The molecule has 0 saturated heterocycles. The van der Waals surface area contributed by atoms with E-state index in [9.17, 15) is 9.90 Å². The Morgan fingerprint density at radius 2 is 2.26 bits per heavy atom. The van der Waals surface area contributed by atoms with Crippen molar-refractivity contribution in [2.45, 2.75) is 38.1 Å². The van der Waals surface area contributed by atoms with Gasteiger partial charge in [-0.05, 0) is 47.6 Å². The number of rotatable bonds is 4. The zero-order valence-electron chi connectivity index (χ0n) is 10.3. The van der Waals surface area contributed by atoms with Gasteiger partial charge < -0.3 is 5.11 Å². The number of aryl methyl sites for hydroxylation is 1. The predicted octanol–water partition coefficient (Wildman–Crippen LogP) is 0.718. The largest absolute Gasteiger partial charge is 0.479 e. The minimum atomic E-state index is -1.01. The summed E-state index contributed by atoms with van der Waals surface area (Å²) in [5, 5.41) is 25.0. The number of aliphatic carboxylic acids is 1. The van der Waals surface area contributed by atoms with Crippen molar-refractivity contribution in [3.63, 3.8) is 0 Å². The lowest BCUT2D eigenvalue weighted by Crippen LogP contribution is -2.48. The van der Waals surface area contributed by atoms with Crippen LogP contribution in [0, 0.1) is 0 Å². The fourth-order valence-electron chi connectivity index (χ4n) is 2.25. The smallest absolute Gasteiger partial charge is 0.331 e. The molecule has 1 aliphatic carbocycles. The Morgan fingerprint density at radius 1 is 1.47 bits per heavy atom. The molecule has 8 nitrogen and oxygen atoms in total. The molecule has 1 fully saturated rings. The molecule has 0 radical (unpaired) electrons. The van der Waals surface area contributed by atoms with Gasteiger partial charge in [-0.1, -0.05) is 11.4 Å². The Morgan fingerprint density at radius 3 is 2.84 bits per heavy atom. The molecule has 2 aromatic heterocycles. The van der Waals surface area contributed by atoms with E-state index in [1.54, 1.807) is 0 Å². The van der Waals surface area contributed by atoms with E-state index in [4.69, 9.17) is 0 Å². The number of carbonyl (C=O) groups is 1. The minimum absolute atomic E-state index is 0.453. The van der Waals surface area contributed by atoms with Crippen molar-refractivity contribution < 1.29 is 9.90 Å². The average molecular weight is 280 g/mol. The molecule has 0 aromatic carbocycles. The molecule has 2 aromatic rings. The fourth-order valence-corrected chi connectivity index (χ4v) is 2.98. The monoisotopic (exact) mass is 280 g/mol. The highest BCUT2D eigenvalue weighted by Crippen LogP contribution is 2.41. The van der Waals surface area contributed by atoms with E-state index in [1.807, 2.05) is 6.92 Å². The highest BCUT2D eigenvalue weighted by Gasteiger charge is 2.49. The molecular formula is C10H12N6O2S. The third-order valence-corrected chi connectivity index (χ3v) is 4.31. The second-order valence-electron chi connectivity index (χ2n) is 4.51. The van der Waals surface area contributed by atoms with Crippen molar-refractivity contribution in [2.24, 2.45) is 0 Å². The van der Waals surface area contributed by atoms with Crippen LogP contribution in [0.5, 0.6) is 0 Å². The number of carboxylic acid groups (broad SMARTS) is 1. The van der Waals surface area contributed by atoms with E-state index in [0.717, 1.165) is 17.0 Å². The van der Waals surface area contributed by atoms with Crippen LogP contribution < -0.4 is 0 Å². The highest BCUT2D eigenvalue weighted by atomic mass is 32.1. The van der Waals surface area contributed by atoms with Gasteiger partial charge in [0.05, 0.1) is 5.69 Å². The number of hydrogen-bond donors (Lipinski definition) is 1. The Labute approximate surface area is 112 Å². The zero-order valence-corrected chi connectivity index (χ0v) is 11.1. The van der Waals surface area contributed by atoms with Gasteiger partial charge >= 0.3 is 5.97 Å². The summed E-state index contributed by atoms with van der Waals surface area (Å²) >= 11 is 1.19. The van der Waals surface area contributed by atoms with Crippen LogP contribution in [0.15, 0.2) is 0 Å². The van der Waals surface area contributed by atoms with E-state index in [2.05, 4.69) is 25.1 Å². The van der Waals surface area contributed by atoms with Crippen molar-refractivity contribution in [2.75, 3.05) is 0 Å². The van der Waals surface area contributed by atoms with E-state index in [1.165, 1.54) is 16.2 Å². The molecule has 1 N–H and O–H groups in total. The highest BCUT2D eigenvalue weighted by molar-refractivity contribution is 7.09. The molecule has 0 bridgehead atoms.